The molecule has 4 rings (SSSR count). The molecule has 0 aliphatic carbocycles. The molecular weight excluding hydrogens is 416 g/mol. The molecule has 1 heterocycles. The van der Waals surface area contributed by atoms with Crippen LogP contribution in [0.15, 0.2) is 107 Å². The average Bonchev–Trinajstić information content (AvgIpc) is 3.34. The number of furan rings is 1. The number of esters is 1. The van der Waals surface area contributed by atoms with Gasteiger partial charge in [0.25, 0.3) is 5.91 Å². The van der Waals surface area contributed by atoms with Gasteiger partial charge in [0.15, 0.2) is 0 Å². The number of hydrazone groups is 1. The number of hydrogen-bond donors (Lipinski definition) is 1. The lowest BCUT2D eigenvalue weighted by molar-refractivity contribution is -0.121. The first kappa shape index (κ1) is 21.8. The molecule has 0 atom stereocenters. The zero-order valence-electron chi connectivity index (χ0n) is 18.0. The van der Waals surface area contributed by atoms with Crippen LogP contribution in [0.3, 0.4) is 0 Å². The van der Waals surface area contributed by atoms with Gasteiger partial charge >= 0.3 is 5.97 Å². The van der Waals surface area contributed by atoms with E-state index in [9.17, 15) is 9.59 Å². The standard InChI is InChI=1S/C27H22N2O4/c1-32-27(31)22-14-8-13-21(17-22)24-16-15-23(33-24)18-28-29-26(30)25(19-9-4-2-5-10-19)20-11-6-3-7-12-20/h2-18,25H,1H3,(H,29,30)/b28-18-. The summed E-state index contributed by atoms with van der Waals surface area (Å²) < 4.78 is 10.6. The molecule has 1 N–H and O–H groups in total. The van der Waals surface area contributed by atoms with Gasteiger partial charge in [-0.2, -0.15) is 5.10 Å². The summed E-state index contributed by atoms with van der Waals surface area (Å²) in [5, 5.41) is 4.09. The lowest BCUT2D eigenvalue weighted by Crippen LogP contribution is -2.26. The van der Waals surface area contributed by atoms with Crippen LogP contribution in [0.25, 0.3) is 11.3 Å². The van der Waals surface area contributed by atoms with Gasteiger partial charge < -0.3 is 9.15 Å². The van der Waals surface area contributed by atoms with E-state index < -0.39 is 11.9 Å². The molecule has 1 aromatic heterocycles. The second-order valence-electron chi connectivity index (χ2n) is 7.26. The van der Waals surface area contributed by atoms with E-state index in [1.165, 1.54) is 13.3 Å². The Hall–Kier alpha value is -4.45. The van der Waals surface area contributed by atoms with Crippen molar-refractivity contribution < 1.29 is 18.7 Å². The van der Waals surface area contributed by atoms with E-state index in [0.717, 1.165) is 16.7 Å². The smallest absolute Gasteiger partial charge is 0.337 e. The summed E-state index contributed by atoms with van der Waals surface area (Å²) in [7, 11) is 1.34. The molecule has 0 bridgehead atoms. The minimum Gasteiger partial charge on any atom is -0.465 e. The Kier molecular flexibility index (Phi) is 6.75. The van der Waals surface area contributed by atoms with Crippen LogP contribution in [0.5, 0.6) is 0 Å². The Morgan fingerprint density at radius 3 is 2.18 bits per heavy atom. The van der Waals surface area contributed by atoms with Gasteiger partial charge in [0.2, 0.25) is 0 Å². The number of carbonyl (C=O) groups excluding carboxylic acids is 2. The highest BCUT2D eigenvalue weighted by molar-refractivity contribution is 5.91. The average molecular weight is 438 g/mol. The molecule has 0 radical (unpaired) electrons. The number of benzene rings is 3. The van der Waals surface area contributed by atoms with Crippen molar-refractivity contribution in [3.05, 3.63) is 120 Å². The van der Waals surface area contributed by atoms with Gasteiger partial charge in [-0.1, -0.05) is 72.8 Å². The van der Waals surface area contributed by atoms with E-state index in [4.69, 9.17) is 9.15 Å². The second kappa shape index (κ2) is 10.2. The summed E-state index contributed by atoms with van der Waals surface area (Å²) in [5.41, 5.74) is 5.54. The molecule has 0 fully saturated rings. The third-order valence-electron chi connectivity index (χ3n) is 5.09. The van der Waals surface area contributed by atoms with Gasteiger partial charge in [-0.05, 0) is 35.4 Å². The maximum Gasteiger partial charge on any atom is 0.337 e. The molecule has 6 heteroatoms. The summed E-state index contributed by atoms with van der Waals surface area (Å²) in [6, 6.07) is 29.6. The molecule has 33 heavy (non-hydrogen) atoms. The first-order valence-electron chi connectivity index (χ1n) is 10.4. The molecule has 0 unspecified atom stereocenters. The number of hydrogen-bond acceptors (Lipinski definition) is 5. The van der Waals surface area contributed by atoms with E-state index >= 15 is 0 Å². The lowest BCUT2D eigenvalue weighted by atomic mass is 9.91. The fourth-order valence-corrected chi connectivity index (χ4v) is 3.50. The minimum atomic E-state index is -0.488. The van der Waals surface area contributed by atoms with Crippen LogP contribution < -0.4 is 5.43 Å². The molecule has 6 nitrogen and oxygen atoms in total. The summed E-state index contributed by atoms with van der Waals surface area (Å²) in [4.78, 5) is 24.7. The Labute approximate surface area is 191 Å². The van der Waals surface area contributed by atoms with Crippen LogP contribution in [-0.4, -0.2) is 25.2 Å². The lowest BCUT2D eigenvalue weighted by Gasteiger charge is -2.16. The van der Waals surface area contributed by atoms with E-state index in [-0.39, 0.29) is 5.91 Å². The number of rotatable bonds is 7. The highest BCUT2D eigenvalue weighted by Gasteiger charge is 2.22. The molecular formula is C27H22N2O4. The summed E-state index contributed by atoms with van der Waals surface area (Å²) in [6.07, 6.45) is 1.44. The minimum absolute atomic E-state index is 0.249. The third kappa shape index (κ3) is 5.25. The van der Waals surface area contributed by atoms with E-state index in [1.54, 1.807) is 30.3 Å². The number of ether oxygens (including phenoxy) is 1. The first-order valence-corrected chi connectivity index (χ1v) is 10.4. The topological polar surface area (TPSA) is 80.9 Å². The van der Waals surface area contributed by atoms with Crippen LogP contribution in [-0.2, 0) is 9.53 Å². The summed E-state index contributed by atoms with van der Waals surface area (Å²) in [6.45, 7) is 0. The van der Waals surface area contributed by atoms with Crippen LogP contribution in [0, 0.1) is 0 Å². The highest BCUT2D eigenvalue weighted by Crippen LogP contribution is 2.25. The largest absolute Gasteiger partial charge is 0.465 e. The number of nitrogens with zero attached hydrogens (tertiary/aromatic N) is 1. The molecule has 164 valence electrons. The molecule has 0 saturated heterocycles. The Balaban J connectivity index is 1.48. The number of amides is 1. The fourth-order valence-electron chi connectivity index (χ4n) is 3.50. The molecule has 0 aliphatic rings. The predicted molar refractivity (Wildman–Crippen MR) is 126 cm³/mol. The molecule has 0 saturated carbocycles. The molecule has 4 aromatic rings. The first-order chi connectivity index (χ1) is 16.2. The van der Waals surface area contributed by atoms with E-state index in [0.29, 0.717) is 17.1 Å². The second-order valence-corrected chi connectivity index (χ2v) is 7.26. The normalized spacial score (nSPS) is 11.0. The molecule has 0 aliphatic heterocycles. The Bertz CT molecular complexity index is 1220. The molecule has 3 aromatic carbocycles. The van der Waals surface area contributed by atoms with E-state index in [2.05, 4.69) is 10.5 Å². The SMILES string of the molecule is COC(=O)c1cccc(-c2ccc(/C=N\NC(=O)C(c3ccccc3)c3ccccc3)o2)c1. The number of nitrogens with one attached hydrogen (secondary N) is 1. The fraction of sp³-hybridized carbons (Fsp3) is 0.0741. The van der Waals surface area contributed by atoms with Crippen molar-refractivity contribution in [2.45, 2.75) is 5.92 Å². The monoisotopic (exact) mass is 438 g/mol. The van der Waals surface area contributed by atoms with Gasteiger partial charge in [-0.15, -0.1) is 0 Å². The van der Waals surface area contributed by atoms with Crippen molar-refractivity contribution in [3.8, 4) is 11.3 Å². The van der Waals surface area contributed by atoms with Crippen molar-refractivity contribution in [2.24, 2.45) is 5.10 Å². The Morgan fingerprint density at radius 1 is 0.879 bits per heavy atom. The number of methoxy groups -OCH3 is 1. The van der Waals surface area contributed by atoms with Crippen LogP contribution >= 0.6 is 0 Å². The van der Waals surface area contributed by atoms with Crippen molar-refractivity contribution in [3.63, 3.8) is 0 Å². The van der Waals surface area contributed by atoms with Crippen LogP contribution in [0.1, 0.15) is 33.2 Å². The van der Waals surface area contributed by atoms with Crippen molar-refractivity contribution in [1.82, 2.24) is 5.43 Å². The van der Waals surface area contributed by atoms with Crippen molar-refractivity contribution in [2.75, 3.05) is 7.11 Å². The predicted octanol–water partition coefficient (Wildman–Crippen LogP) is 5.02. The highest BCUT2D eigenvalue weighted by atomic mass is 16.5. The van der Waals surface area contributed by atoms with E-state index in [1.807, 2.05) is 66.7 Å². The van der Waals surface area contributed by atoms with Gasteiger partial charge in [0.05, 0.1) is 24.8 Å². The molecule has 1 amide bonds. The zero-order valence-corrected chi connectivity index (χ0v) is 18.0. The van der Waals surface area contributed by atoms with Crippen molar-refractivity contribution >= 4 is 18.1 Å². The van der Waals surface area contributed by atoms with Gasteiger partial charge in [-0.25, -0.2) is 10.2 Å². The van der Waals surface area contributed by atoms with Gasteiger partial charge in [0, 0.05) is 5.56 Å². The summed E-state index contributed by atoms with van der Waals surface area (Å²) in [5.74, 6) is -0.122. The third-order valence-corrected chi connectivity index (χ3v) is 5.09. The summed E-state index contributed by atoms with van der Waals surface area (Å²) >= 11 is 0. The van der Waals surface area contributed by atoms with Gasteiger partial charge in [0.1, 0.15) is 11.5 Å². The quantitative estimate of drug-likeness (QED) is 0.250. The van der Waals surface area contributed by atoms with Gasteiger partial charge in [-0.3, -0.25) is 4.79 Å². The van der Waals surface area contributed by atoms with Crippen LogP contribution in [0.4, 0.5) is 0 Å². The van der Waals surface area contributed by atoms with Crippen LogP contribution in [0.2, 0.25) is 0 Å². The Morgan fingerprint density at radius 2 is 1.55 bits per heavy atom. The molecule has 0 spiro atoms. The zero-order chi connectivity index (χ0) is 23.0. The maximum atomic E-state index is 13.0. The van der Waals surface area contributed by atoms with Crippen molar-refractivity contribution in [1.29, 1.82) is 0 Å². The number of carbonyl (C=O) groups is 2. The maximum absolute atomic E-state index is 13.0.